The Morgan fingerprint density at radius 3 is 2.32 bits per heavy atom. The zero-order valence-corrected chi connectivity index (χ0v) is 15.2. The zero-order valence-electron chi connectivity index (χ0n) is 14.4. The average molecular weight is 368 g/mol. The molecule has 3 rings (SSSR count). The molecule has 1 aromatic rings. The predicted molar refractivity (Wildman–Crippen MR) is 93.8 cm³/mol. The Morgan fingerprint density at radius 1 is 1.04 bits per heavy atom. The van der Waals surface area contributed by atoms with Crippen molar-refractivity contribution in [1.29, 1.82) is 0 Å². The fourth-order valence-electron chi connectivity index (χ4n) is 3.66. The number of rotatable bonds is 4. The number of amides is 1. The molecule has 1 amide bonds. The third kappa shape index (κ3) is 4.39. The van der Waals surface area contributed by atoms with Crippen molar-refractivity contribution in [3.8, 4) is 0 Å². The van der Waals surface area contributed by atoms with Crippen LogP contribution in [0.25, 0.3) is 0 Å². The van der Waals surface area contributed by atoms with Crippen molar-refractivity contribution in [2.24, 2.45) is 5.92 Å². The monoisotopic (exact) mass is 368 g/mol. The van der Waals surface area contributed by atoms with Crippen molar-refractivity contribution >= 4 is 15.9 Å². The van der Waals surface area contributed by atoms with Gasteiger partial charge in [-0.15, -0.1) is 0 Å². The molecule has 138 valence electrons. The average Bonchev–Trinajstić information content (AvgIpc) is 2.64. The molecule has 0 unspecified atom stereocenters. The Hall–Kier alpha value is -1.47. The van der Waals surface area contributed by atoms with Crippen LogP contribution in [0.2, 0.25) is 0 Å². The smallest absolute Gasteiger partial charge is 0.225 e. The van der Waals surface area contributed by atoms with Crippen LogP contribution in [0.3, 0.4) is 0 Å². The van der Waals surface area contributed by atoms with E-state index in [4.69, 9.17) is 0 Å². The lowest BCUT2D eigenvalue weighted by atomic mass is 9.95. The molecule has 2 heterocycles. The molecule has 0 saturated carbocycles. The summed E-state index contributed by atoms with van der Waals surface area (Å²) in [6.45, 7) is 2.32. The maximum Gasteiger partial charge on any atom is 0.225 e. The maximum absolute atomic E-state index is 13.7. The van der Waals surface area contributed by atoms with Crippen molar-refractivity contribution in [3.63, 3.8) is 0 Å². The number of nitrogens with zero attached hydrogens (tertiary/aromatic N) is 2. The molecule has 0 aliphatic carbocycles. The van der Waals surface area contributed by atoms with Crippen LogP contribution < -0.4 is 0 Å². The molecule has 2 aliphatic rings. The highest BCUT2D eigenvalue weighted by molar-refractivity contribution is 7.88. The first-order valence-electron chi connectivity index (χ1n) is 8.97. The molecule has 0 bridgehead atoms. The molecule has 2 fully saturated rings. The predicted octanol–water partition coefficient (Wildman–Crippen LogP) is 2.38. The van der Waals surface area contributed by atoms with E-state index in [0.29, 0.717) is 25.9 Å². The molecule has 0 spiro atoms. The van der Waals surface area contributed by atoms with E-state index in [1.165, 1.54) is 22.9 Å². The number of hydrogen-bond acceptors (Lipinski definition) is 3. The topological polar surface area (TPSA) is 57.7 Å². The summed E-state index contributed by atoms with van der Waals surface area (Å²) in [4.78, 5) is 14.5. The standard InChI is InChI=1S/C18H25FN2O3S/c19-17-7-3-2-6-16(17)14-25(23,24)21-12-8-15(9-13-21)18(22)20-10-4-1-5-11-20/h2-3,6-7,15H,1,4-5,8-14H2. The van der Waals surface area contributed by atoms with Crippen molar-refractivity contribution in [3.05, 3.63) is 35.6 Å². The molecule has 0 atom stereocenters. The van der Waals surface area contributed by atoms with E-state index in [-0.39, 0.29) is 23.1 Å². The Balaban J connectivity index is 1.57. The number of piperidine rings is 2. The molecular formula is C18H25FN2O3S. The van der Waals surface area contributed by atoms with Crippen LogP contribution in [0.1, 0.15) is 37.7 Å². The van der Waals surface area contributed by atoms with Gasteiger partial charge in [0.1, 0.15) is 5.82 Å². The van der Waals surface area contributed by atoms with Gasteiger partial charge in [-0.05, 0) is 38.2 Å². The highest BCUT2D eigenvalue weighted by Gasteiger charge is 2.33. The number of carbonyl (C=O) groups is 1. The third-order valence-corrected chi connectivity index (χ3v) is 6.99. The summed E-state index contributed by atoms with van der Waals surface area (Å²) in [6.07, 6.45) is 4.39. The molecule has 0 aromatic heterocycles. The Labute approximate surface area is 148 Å². The fourth-order valence-corrected chi connectivity index (χ4v) is 5.23. The Bertz CT molecular complexity index is 709. The van der Waals surface area contributed by atoms with Crippen molar-refractivity contribution < 1.29 is 17.6 Å². The van der Waals surface area contributed by atoms with E-state index in [1.54, 1.807) is 12.1 Å². The normalized spacial score (nSPS) is 20.6. The van der Waals surface area contributed by atoms with Gasteiger partial charge < -0.3 is 4.90 Å². The molecule has 5 nitrogen and oxygen atoms in total. The summed E-state index contributed by atoms with van der Waals surface area (Å²) in [5.41, 5.74) is 0.189. The number of likely N-dealkylation sites (tertiary alicyclic amines) is 1. The fraction of sp³-hybridized carbons (Fsp3) is 0.611. The minimum Gasteiger partial charge on any atom is -0.342 e. The number of halogens is 1. The first-order chi connectivity index (χ1) is 12.0. The van der Waals surface area contributed by atoms with E-state index >= 15 is 0 Å². The lowest BCUT2D eigenvalue weighted by Gasteiger charge is -2.35. The molecule has 0 radical (unpaired) electrons. The van der Waals surface area contributed by atoms with Gasteiger partial charge in [0.05, 0.1) is 5.75 Å². The van der Waals surface area contributed by atoms with Gasteiger partial charge in [0.15, 0.2) is 0 Å². The Morgan fingerprint density at radius 2 is 1.68 bits per heavy atom. The Kier molecular flexibility index (Phi) is 5.74. The molecule has 1 aromatic carbocycles. The molecule has 0 N–H and O–H groups in total. The minimum absolute atomic E-state index is 0.0852. The summed E-state index contributed by atoms with van der Waals surface area (Å²) < 4.78 is 40.2. The summed E-state index contributed by atoms with van der Waals surface area (Å²) in [5, 5.41) is 0. The van der Waals surface area contributed by atoms with Crippen LogP contribution in [0.15, 0.2) is 24.3 Å². The lowest BCUT2D eigenvalue weighted by Crippen LogP contribution is -2.45. The van der Waals surface area contributed by atoms with E-state index in [2.05, 4.69) is 0 Å². The van der Waals surface area contributed by atoms with Gasteiger partial charge >= 0.3 is 0 Å². The number of hydrogen-bond donors (Lipinski definition) is 0. The second kappa shape index (κ2) is 7.83. The van der Waals surface area contributed by atoms with Crippen molar-refractivity contribution in [2.45, 2.75) is 37.9 Å². The third-order valence-electron chi connectivity index (χ3n) is 5.16. The van der Waals surface area contributed by atoms with Gasteiger partial charge in [0, 0.05) is 37.7 Å². The van der Waals surface area contributed by atoms with Gasteiger partial charge in [0.25, 0.3) is 0 Å². The maximum atomic E-state index is 13.7. The van der Waals surface area contributed by atoms with Crippen LogP contribution in [0, 0.1) is 11.7 Å². The molecule has 25 heavy (non-hydrogen) atoms. The van der Waals surface area contributed by atoms with Crippen LogP contribution in [-0.4, -0.2) is 49.7 Å². The van der Waals surface area contributed by atoms with Crippen LogP contribution in [-0.2, 0) is 20.6 Å². The van der Waals surface area contributed by atoms with Crippen LogP contribution in [0.5, 0.6) is 0 Å². The summed E-state index contributed by atoms with van der Waals surface area (Å²) in [6, 6.07) is 5.95. The van der Waals surface area contributed by atoms with E-state index in [1.807, 2.05) is 4.90 Å². The first-order valence-corrected chi connectivity index (χ1v) is 10.6. The quantitative estimate of drug-likeness (QED) is 0.820. The number of benzene rings is 1. The van der Waals surface area contributed by atoms with Crippen LogP contribution >= 0.6 is 0 Å². The van der Waals surface area contributed by atoms with Gasteiger partial charge in [0.2, 0.25) is 15.9 Å². The number of sulfonamides is 1. The van der Waals surface area contributed by atoms with E-state index < -0.39 is 15.8 Å². The molecule has 7 heteroatoms. The lowest BCUT2D eigenvalue weighted by molar-refractivity contribution is -0.137. The van der Waals surface area contributed by atoms with E-state index in [9.17, 15) is 17.6 Å². The van der Waals surface area contributed by atoms with Gasteiger partial charge in [-0.1, -0.05) is 18.2 Å². The largest absolute Gasteiger partial charge is 0.342 e. The van der Waals surface area contributed by atoms with Gasteiger partial charge in [-0.25, -0.2) is 17.1 Å². The van der Waals surface area contributed by atoms with Crippen molar-refractivity contribution in [2.75, 3.05) is 26.2 Å². The first kappa shape index (κ1) is 18.3. The highest BCUT2D eigenvalue weighted by Crippen LogP contribution is 2.25. The molecular weight excluding hydrogens is 343 g/mol. The second-order valence-electron chi connectivity index (χ2n) is 6.91. The zero-order chi connectivity index (χ0) is 17.9. The van der Waals surface area contributed by atoms with E-state index in [0.717, 1.165) is 25.9 Å². The van der Waals surface area contributed by atoms with Crippen molar-refractivity contribution in [1.82, 2.24) is 9.21 Å². The summed E-state index contributed by atoms with van der Waals surface area (Å²) in [5.74, 6) is -0.741. The van der Waals surface area contributed by atoms with Gasteiger partial charge in [-0.3, -0.25) is 4.79 Å². The molecule has 2 aliphatic heterocycles. The molecule has 2 saturated heterocycles. The number of carbonyl (C=O) groups excluding carboxylic acids is 1. The SMILES string of the molecule is O=C(C1CCN(S(=O)(=O)Cc2ccccc2F)CC1)N1CCCCC1. The summed E-state index contributed by atoms with van der Waals surface area (Å²) >= 11 is 0. The van der Waals surface area contributed by atoms with Gasteiger partial charge in [-0.2, -0.15) is 0 Å². The minimum atomic E-state index is -3.56. The van der Waals surface area contributed by atoms with Crippen LogP contribution in [0.4, 0.5) is 4.39 Å². The summed E-state index contributed by atoms with van der Waals surface area (Å²) in [7, 11) is -3.56. The highest BCUT2D eigenvalue weighted by atomic mass is 32.2. The second-order valence-corrected chi connectivity index (χ2v) is 8.88.